The second-order valence-electron chi connectivity index (χ2n) is 9.98. The number of benzene rings is 1. The molecule has 182 valence electrons. The van der Waals surface area contributed by atoms with Crippen molar-refractivity contribution in [3.8, 4) is 0 Å². The van der Waals surface area contributed by atoms with Crippen LogP contribution in [0.4, 0.5) is 0 Å². The summed E-state index contributed by atoms with van der Waals surface area (Å²) in [4.78, 5) is 4.96. The quantitative estimate of drug-likeness (QED) is 0.186. The Labute approximate surface area is 200 Å². The van der Waals surface area contributed by atoms with Crippen molar-refractivity contribution in [2.75, 3.05) is 6.54 Å². The molecule has 0 spiro atoms. The molecule has 0 amide bonds. The normalized spacial score (nSPS) is 15.8. The van der Waals surface area contributed by atoms with Crippen LogP contribution >= 0.6 is 0 Å². The Kier molecular flexibility index (Phi) is 15.1. The third kappa shape index (κ3) is 12.0. The lowest BCUT2D eigenvalue weighted by Gasteiger charge is -2.30. The van der Waals surface area contributed by atoms with Crippen LogP contribution in [0.3, 0.4) is 0 Å². The molecule has 1 aliphatic heterocycles. The van der Waals surface area contributed by atoms with Crippen LogP contribution in [0.25, 0.3) is 0 Å². The van der Waals surface area contributed by atoms with Gasteiger partial charge in [-0.1, -0.05) is 140 Å². The summed E-state index contributed by atoms with van der Waals surface area (Å²) in [6, 6.07) is 10.8. The van der Waals surface area contributed by atoms with Gasteiger partial charge in [-0.2, -0.15) is 0 Å². The fourth-order valence-corrected chi connectivity index (χ4v) is 4.87. The Bertz CT molecular complexity index is 567. The first-order chi connectivity index (χ1) is 15.8. The van der Waals surface area contributed by atoms with Gasteiger partial charge in [0.2, 0.25) is 0 Å². The van der Waals surface area contributed by atoms with Crippen LogP contribution in [-0.2, 0) is 6.54 Å². The van der Waals surface area contributed by atoms with Crippen molar-refractivity contribution in [3.05, 3.63) is 48.3 Å². The zero-order chi connectivity index (χ0) is 22.7. The Balaban J connectivity index is 1.33. The maximum Gasteiger partial charge on any atom is 0.0981 e. The molecule has 0 fully saturated rings. The molecule has 0 aliphatic carbocycles. The average Bonchev–Trinajstić information content (AvgIpc) is 3.15. The smallest absolute Gasteiger partial charge is 0.0981 e. The molecular formula is C30H52N2. The maximum absolute atomic E-state index is 2.51. The summed E-state index contributed by atoms with van der Waals surface area (Å²) in [6.07, 6.45) is 29.5. The molecule has 1 heterocycles. The number of unbranched alkanes of at least 4 members (excludes halogenated alkanes) is 16. The molecule has 1 unspecified atom stereocenters. The summed E-state index contributed by atoms with van der Waals surface area (Å²) in [5.41, 5.74) is 1.39. The van der Waals surface area contributed by atoms with E-state index in [1.807, 2.05) is 0 Å². The van der Waals surface area contributed by atoms with E-state index in [0.717, 1.165) is 6.54 Å². The van der Waals surface area contributed by atoms with Crippen LogP contribution in [0.1, 0.15) is 129 Å². The van der Waals surface area contributed by atoms with Crippen LogP contribution in [-0.4, -0.2) is 22.5 Å². The first-order valence-electron chi connectivity index (χ1n) is 14.0. The van der Waals surface area contributed by atoms with Crippen molar-refractivity contribution in [2.24, 2.45) is 0 Å². The lowest BCUT2D eigenvalue weighted by molar-refractivity contribution is 0.162. The maximum atomic E-state index is 2.51. The first-order valence-corrected chi connectivity index (χ1v) is 14.0. The van der Waals surface area contributed by atoms with Gasteiger partial charge in [0.1, 0.15) is 0 Å². The van der Waals surface area contributed by atoms with Crippen LogP contribution in [0.15, 0.2) is 42.7 Å². The van der Waals surface area contributed by atoms with Gasteiger partial charge in [0, 0.05) is 25.5 Å². The molecule has 0 bridgehead atoms. The van der Waals surface area contributed by atoms with Gasteiger partial charge in [-0.25, -0.2) is 0 Å². The van der Waals surface area contributed by atoms with Crippen LogP contribution in [0, 0.1) is 0 Å². The number of nitrogens with zero attached hydrogens (tertiary/aromatic N) is 2. The van der Waals surface area contributed by atoms with Crippen molar-refractivity contribution in [1.29, 1.82) is 0 Å². The third-order valence-electron chi connectivity index (χ3n) is 7.14. The van der Waals surface area contributed by atoms with Crippen molar-refractivity contribution >= 4 is 0 Å². The van der Waals surface area contributed by atoms with Crippen molar-refractivity contribution < 1.29 is 0 Å². The van der Waals surface area contributed by atoms with Crippen molar-refractivity contribution in [3.63, 3.8) is 0 Å². The molecule has 0 saturated heterocycles. The SMILES string of the molecule is CCCCCCCCCCCCCCCCCCCN1C=CN(Cc2ccccc2)C1C. The Morgan fingerprint density at radius 3 is 1.50 bits per heavy atom. The number of hydrogen-bond acceptors (Lipinski definition) is 2. The largest absolute Gasteiger partial charge is 0.356 e. The molecule has 32 heavy (non-hydrogen) atoms. The molecule has 2 nitrogen and oxygen atoms in total. The van der Waals surface area contributed by atoms with Gasteiger partial charge in [0.15, 0.2) is 0 Å². The van der Waals surface area contributed by atoms with Crippen LogP contribution < -0.4 is 0 Å². The van der Waals surface area contributed by atoms with Gasteiger partial charge in [-0.3, -0.25) is 0 Å². The summed E-state index contributed by atoms with van der Waals surface area (Å²) in [5.74, 6) is 0. The van der Waals surface area contributed by atoms with E-state index in [9.17, 15) is 0 Å². The topological polar surface area (TPSA) is 6.48 Å². The predicted molar refractivity (Wildman–Crippen MR) is 141 cm³/mol. The molecule has 0 saturated carbocycles. The summed E-state index contributed by atoms with van der Waals surface area (Å²) >= 11 is 0. The molecule has 1 aromatic rings. The fraction of sp³-hybridized carbons (Fsp3) is 0.733. The fourth-order valence-electron chi connectivity index (χ4n) is 4.87. The van der Waals surface area contributed by atoms with Gasteiger partial charge in [-0.05, 0) is 18.9 Å². The zero-order valence-corrected chi connectivity index (χ0v) is 21.4. The van der Waals surface area contributed by atoms with E-state index in [0.29, 0.717) is 6.17 Å². The molecule has 0 aromatic heterocycles. The highest BCUT2D eigenvalue weighted by Crippen LogP contribution is 2.20. The first kappa shape index (κ1) is 26.8. The molecule has 2 heteroatoms. The second kappa shape index (κ2) is 18.0. The van der Waals surface area contributed by atoms with E-state index in [-0.39, 0.29) is 0 Å². The minimum absolute atomic E-state index is 0.483. The zero-order valence-electron chi connectivity index (χ0n) is 21.4. The average molecular weight is 441 g/mol. The summed E-state index contributed by atoms with van der Waals surface area (Å²) in [7, 11) is 0. The Morgan fingerprint density at radius 1 is 0.562 bits per heavy atom. The van der Waals surface area contributed by atoms with Gasteiger partial charge in [-0.15, -0.1) is 0 Å². The second-order valence-corrected chi connectivity index (χ2v) is 9.98. The van der Waals surface area contributed by atoms with Crippen molar-refractivity contribution in [1.82, 2.24) is 9.80 Å². The number of rotatable bonds is 20. The molecule has 1 atom stereocenters. The highest BCUT2D eigenvalue weighted by Gasteiger charge is 2.21. The van der Waals surface area contributed by atoms with Crippen LogP contribution in [0.2, 0.25) is 0 Å². The summed E-state index contributed by atoms with van der Waals surface area (Å²) in [5, 5.41) is 0. The van der Waals surface area contributed by atoms with E-state index in [1.165, 1.54) is 121 Å². The minimum atomic E-state index is 0.483. The van der Waals surface area contributed by atoms with E-state index >= 15 is 0 Å². The monoisotopic (exact) mass is 440 g/mol. The molecule has 1 aromatic carbocycles. The lowest BCUT2D eigenvalue weighted by Crippen LogP contribution is -2.36. The minimum Gasteiger partial charge on any atom is -0.356 e. The molecule has 0 radical (unpaired) electrons. The molecule has 0 N–H and O–H groups in total. The molecule has 2 rings (SSSR count). The number of hydrogen-bond donors (Lipinski definition) is 0. The van der Waals surface area contributed by atoms with E-state index in [4.69, 9.17) is 0 Å². The van der Waals surface area contributed by atoms with E-state index in [1.54, 1.807) is 0 Å². The standard InChI is InChI=1S/C30H52N2/c1-3-4-5-6-7-8-9-10-11-12-13-14-15-16-17-18-22-25-31-26-27-32(29(31)2)28-30-23-20-19-21-24-30/h19-21,23-24,26-27,29H,3-18,22,25,28H2,1-2H3. The summed E-state index contributed by atoms with van der Waals surface area (Å²) < 4.78 is 0. The van der Waals surface area contributed by atoms with Crippen molar-refractivity contribution in [2.45, 2.75) is 136 Å². The lowest BCUT2D eigenvalue weighted by atomic mass is 10.0. The third-order valence-corrected chi connectivity index (χ3v) is 7.14. The van der Waals surface area contributed by atoms with Gasteiger partial charge >= 0.3 is 0 Å². The van der Waals surface area contributed by atoms with E-state index in [2.05, 4.69) is 66.4 Å². The summed E-state index contributed by atoms with van der Waals surface area (Å²) in [6.45, 7) is 6.83. The highest BCUT2D eigenvalue weighted by atomic mass is 15.4. The molecular weight excluding hydrogens is 388 g/mol. The predicted octanol–water partition coefficient (Wildman–Crippen LogP) is 9.27. The highest BCUT2D eigenvalue weighted by molar-refractivity contribution is 5.15. The Morgan fingerprint density at radius 2 is 1.00 bits per heavy atom. The van der Waals surface area contributed by atoms with E-state index < -0.39 is 0 Å². The van der Waals surface area contributed by atoms with Gasteiger partial charge in [0.05, 0.1) is 6.17 Å². The van der Waals surface area contributed by atoms with Gasteiger partial charge in [0.25, 0.3) is 0 Å². The van der Waals surface area contributed by atoms with Crippen LogP contribution in [0.5, 0.6) is 0 Å². The molecule has 1 aliphatic rings. The van der Waals surface area contributed by atoms with Gasteiger partial charge < -0.3 is 9.80 Å². The Hall–Kier alpha value is -1.44.